The van der Waals surface area contributed by atoms with E-state index < -0.39 is 27.8 Å². The molecule has 0 aliphatic heterocycles. The lowest BCUT2D eigenvalue weighted by molar-refractivity contribution is -0.123. The van der Waals surface area contributed by atoms with Gasteiger partial charge in [0.05, 0.1) is 11.3 Å². The summed E-state index contributed by atoms with van der Waals surface area (Å²) in [5.41, 5.74) is 1.40. The summed E-state index contributed by atoms with van der Waals surface area (Å²) in [6, 6.07) is 13.0. The highest BCUT2D eigenvalue weighted by Gasteiger charge is 2.19. The minimum Gasteiger partial charge on any atom is -0.449 e. The molecule has 26 heavy (non-hydrogen) atoms. The van der Waals surface area contributed by atoms with Crippen molar-refractivity contribution in [1.82, 2.24) is 0 Å². The van der Waals surface area contributed by atoms with Gasteiger partial charge < -0.3 is 10.1 Å². The van der Waals surface area contributed by atoms with Gasteiger partial charge in [0.2, 0.25) is 0 Å². The van der Waals surface area contributed by atoms with Gasteiger partial charge in [-0.2, -0.15) is 0 Å². The lowest BCUT2D eigenvalue weighted by Crippen LogP contribution is -2.30. The van der Waals surface area contributed by atoms with Gasteiger partial charge in [0, 0.05) is 16.4 Å². The number of carbonyl (C=O) groups is 2. The van der Waals surface area contributed by atoms with Crippen LogP contribution in [0.25, 0.3) is 0 Å². The Morgan fingerprint density at radius 3 is 2.19 bits per heavy atom. The number of hydrogen-bond acceptors (Lipinski definition) is 5. The molecule has 0 radical (unpaired) electrons. The Bertz CT molecular complexity index is 892. The summed E-state index contributed by atoms with van der Waals surface area (Å²) in [5, 5.41) is 2.66. The smallest absolute Gasteiger partial charge is 0.338 e. The second kappa shape index (κ2) is 8.46. The van der Waals surface area contributed by atoms with Crippen LogP contribution in [0.1, 0.15) is 22.8 Å². The average Bonchev–Trinajstić information content (AvgIpc) is 2.56. The SMILES string of the molecule is CC(OC(=O)c1ccc(CS(C)(=O)=O)cc1)C(=O)Nc1ccc(Br)cc1. The largest absolute Gasteiger partial charge is 0.449 e. The van der Waals surface area contributed by atoms with E-state index in [0.717, 1.165) is 10.7 Å². The van der Waals surface area contributed by atoms with E-state index in [1.165, 1.54) is 19.1 Å². The second-order valence-electron chi connectivity index (χ2n) is 5.81. The van der Waals surface area contributed by atoms with Crippen molar-refractivity contribution in [1.29, 1.82) is 0 Å². The molecular weight excluding hydrogens is 422 g/mol. The highest BCUT2D eigenvalue weighted by Crippen LogP contribution is 2.15. The molecule has 2 aromatic carbocycles. The number of amides is 1. The van der Waals surface area contributed by atoms with Gasteiger partial charge in [-0.25, -0.2) is 13.2 Å². The molecule has 0 fully saturated rings. The molecule has 1 unspecified atom stereocenters. The molecular formula is C18H18BrNO5S. The van der Waals surface area contributed by atoms with E-state index in [4.69, 9.17) is 4.74 Å². The minimum absolute atomic E-state index is 0.103. The van der Waals surface area contributed by atoms with Crippen molar-refractivity contribution in [3.05, 3.63) is 64.1 Å². The van der Waals surface area contributed by atoms with Gasteiger partial charge in [0.15, 0.2) is 15.9 Å². The zero-order chi connectivity index (χ0) is 19.3. The first-order valence-electron chi connectivity index (χ1n) is 7.68. The molecule has 0 aliphatic carbocycles. The summed E-state index contributed by atoms with van der Waals surface area (Å²) in [5.74, 6) is -1.21. The topological polar surface area (TPSA) is 89.5 Å². The molecule has 2 aromatic rings. The fourth-order valence-corrected chi connectivity index (χ4v) is 3.16. The number of benzene rings is 2. The third-order valence-electron chi connectivity index (χ3n) is 3.38. The van der Waals surface area contributed by atoms with E-state index in [1.807, 2.05) is 0 Å². The molecule has 0 aromatic heterocycles. The molecule has 6 nitrogen and oxygen atoms in total. The first-order valence-corrected chi connectivity index (χ1v) is 10.5. The zero-order valence-corrected chi connectivity index (χ0v) is 16.6. The Labute approximate surface area is 160 Å². The Balaban J connectivity index is 1.95. The number of rotatable bonds is 6. The maximum atomic E-state index is 12.1. The van der Waals surface area contributed by atoms with E-state index in [9.17, 15) is 18.0 Å². The van der Waals surface area contributed by atoms with Crippen LogP contribution in [0.4, 0.5) is 5.69 Å². The highest BCUT2D eigenvalue weighted by molar-refractivity contribution is 9.10. The molecule has 8 heteroatoms. The normalized spacial score (nSPS) is 12.3. The zero-order valence-electron chi connectivity index (χ0n) is 14.2. The van der Waals surface area contributed by atoms with Crippen molar-refractivity contribution in [3.8, 4) is 0 Å². The Hall–Kier alpha value is -2.19. The molecule has 2 rings (SSSR count). The summed E-state index contributed by atoms with van der Waals surface area (Å²) in [4.78, 5) is 24.2. The summed E-state index contributed by atoms with van der Waals surface area (Å²) >= 11 is 3.30. The molecule has 0 aliphatic rings. The van der Waals surface area contributed by atoms with Crippen molar-refractivity contribution in [2.75, 3.05) is 11.6 Å². The molecule has 0 saturated heterocycles. The number of hydrogen-bond donors (Lipinski definition) is 1. The Morgan fingerprint density at radius 1 is 1.08 bits per heavy atom. The molecule has 0 saturated carbocycles. The fourth-order valence-electron chi connectivity index (χ4n) is 2.10. The number of nitrogens with one attached hydrogen (secondary N) is 1. The third-order valence-corrected chi connectivity index (χ3v) is 4.77. The molecule has 0 bridgehead atoms. The number of anilines is 1. The Kier molecular flexibility index (Phi) is 6.55. The number of esters is 1. The van der Waals surface area contributed by atoms with Gasteiger partial charge in [0.25, 0.3) is 5.91 Å². The maximum Gasteiger partial charge on any atom is 0.338 e. The van der Waals surface area contributed by atoms with Crippen LogP contribution in [0.15, 0.2) is 53.0 Å². The summed E-state index contributed by atoms with van der Waals surface area (Å²) in [7, 11) is -3.15. The van der Waals surface area contributed by atoms with Crippen molar-refractivity contribution in [2.24, 2.45) is 0 Å². The van der Waals surface area contributed by atoms with Crippen LogP contribution in [0.3, 0.4) is 0 Å². The summed E-state index contributed by atoms with van der Waals surface area (Å²) in [6.07, 6.45) is 0.155. The predicted octanol–water partition coefficient (Wildman–Crippen LogP) is 3.18. The van der Waals surface area contributed by atoms with Crippen LogP contribution in [-0.2, 0) is 25.1 Å². The molecule has 0 heterocycles. The molecule has 1 atom stereocenters. The van der Waals surface area contributed by atoms with Crippen LogP contribution in [0, 0.1) is 0 Å². The predicted molar refractivity (Wildman–Crippen MR) is 103 cm³/mol. The first-order chi connectivity index (χ1) is 12.1. The van der Waals surface area contributed by atoms with Crippen LogP contribution in [-0.4, -0.2) is 32.7 Å². The molecule has 138 valence electrons. The summed E-state index contributed by atoms with van der Waals surface area (Å²) in [6.45, 7) is 1.48. The van der Waals surface area contributed by atoms with Gasteiger partial charge in [-0.3, -0.25) is 4.79 Å². The Morgan fingerprint density at radius 2 is 1.65 bits per heavy atom. The van der Waals surface area contributed by atoms with E-state index in [2.05, 4.69) is 21.2 Å². The molecule has 1 N–H and O–H groups in total. The van der Waals surface area contributed by atoms with Gasteiger partial charge in [-0.1, -0.05) is 28.1 Å². The van der Waals surface area contributed by atoms with E-state index in [0.29, 0.717) is 11.3 Å². The monoisotopic (exact) mass is 439 g/mol. The standard InChI is InChI=1S/C18H18BrNO5S/c1-12(17(21)20-16-9-7-15(19)8-10-16)25-18(22)14-5-3-13(4-6-14)11-26(2,23)24/h3-10,12H,11H2,1-2H3,(H,20,21). The summed E-state index contributed by atoms with van der Waals surface area (Å²) < 4.78 is 28.6. The van der Waals surface area contributed by atoms with E-state index >= 15 is 0 Å². The van der Waals surface area contributed by atoms with Gasteiger partial charge >= 0.3 is 5.97 Å². The number of ether oxygens (including phenoxy) is 1. The maximum absolute atomic E-state index is 12.1. The van der Waals surface area contributed by atoms with Crippen molar-refractivity contribution in [3.63, 3.8) is 0 Å². The number of halogens is 1. The van der Waals surface area contributed by atoms with Crippen LogP contribution < -0.4 is 5.32 Å². The van der Waals surface area contributed by atoms with Crippen LogP contribution >= 0.6 is 15.9 Å². The van der Waals surface area contributed by atoms with Gasteiger partial charge in [-0.05, 0) is 48.9 Å². The minimum atomic E-state index is -3.15. The van der Waals surface area contributed by atoms with Gasteiger partial charge in [-0.15, -0.1) is 0 Å². The van der Waals surface area contributed by atoms with Crippen molar-refractivity contribution < 1.29 is 22.7 Å². The van der Waals surface area contributed by atoms with E-state index in [1.54, 1.807) is 36.4 Å². The van der Waals surface area contributed by atoms with Crippen molar-refractivity contribution >= 4 is 43.3 Å². The van der Waals surface area contributed by atoms with Crippen LogP contribution in [0.5, 0.6) is 0 Å². The first kappa shape index (κ1) is 20.1. The van der Waals surface area contributed by atoms with Gasteiger partial charge in [0.1, 0.15) is 0 Å². The molecule has 0 spiro atoms. The van der Waals surface area contributed by atoms with Crippen LogP contribution in [0.2, 0.25) is 0 Å². The second-order valence-corrected chi connectivity index (χ2v) is 8.87. The average molecular weight is 440 g/mol. The third kappa shape index (κ3) is 6.27. The van der Waals surface area contributed by atoms with Crippen molar-refractivity contribution in [2.45, 2.75) is 18.8 Å². The quantitative estimate of drug-likeness (QED) is 0.697. The lowest BCUT2D eigenvalue weighted by atomic mass is 10.1. The fraction of sp³-hybridized carbons (Fsp3) is 0.222. The molecule has 1 amide bonds. The highest BCUT2D eigenvalue weighted by atomic mass is 79.9. The van der Waals surface area contributed by atoms with E-state index in [-0.39, 0.29) is 11.3 Å². The number of sulfone groups is 1. The number of carbonyl (C=O) groups excluding carboxylic acids is 2. The lowest BCUT2D eigenvalue weighted by Gasteiger charge is -2.14.